The van der Waals surface area contributed by atoms with Crippen molar-refractivity contribution in [3.8, 4) is 11.5 Å². The molecule has 0 aliphatic carbocycles. The monoisotopic (exact) mass is 299 g/mol. The molecule has 3 N–H and O–H groups in total. The first kappa shape index (κ1) is 15.1. The third-order valence-corrected chi connectivity index (χ3v) is 2.56. The molecule has 2 aromatic rings. The minimum Gasteiger partial charge on any atom is -0.478 e. The normalized spacial score (nSPS) is 9.53. The number of carboxylic acids is 1. The molecule has 2 rings (SSSR count). The molecule has 100 valence electrons. The second-order valence-electron chi connectivity index (χ2n) is 3.62. The molecule has 0 spiro atoms. The molecule has 0 bridgehead atoms. The predicted molar refractivity (Wildman–Crippen MR) is 76.6 cm³/mol. The number of hydrogen-bond donors (Lipinski definition) is 2. The van der Waals surface area contributed by atoms with E-state index in [0.29, 0.717) is 22.2 Å². The van der Waals surface area contributed by atoms with Gasteiger partial charge in [0.25, 0.3) is 0 Å². The van der Waals surface area contributed by atoms with Gasteiger partial charge in [0.05, 0.1) is 10.6 Å². The highest BCUT2D eigenvalue weighted by Crippen LogP contribution is 2.31. The maximum atomic E-state index is 10.8. The quantitative estimate of drug-likeness (QED) is 0.845. The molecule has 0 heterocycles. The van der Waals surface area contributed by atoms with Crippen LogP contribution < -0.4 is 10.5 Å². The lowest BCUT2D eigenvalue weighted by Crippen LogP contribution is -1.96. The van der Waals surface area contributed by atoms with Gasteiger partial charge < -0.3 is 15.6 Å². The summed E-state index contributed by atoms with van der Waals surface area (Å²) in [7, 11) is 0. The molecule has 19 heavy (non-hydrogen) atoms. The van der Waals surface area contributed by atoms with Crippen LogP contribution in [0.15, 0.2) is 42.5 Å². The molecular weight excluding hydrogens is 289 g/mol. The van der Waals surface area contributed by atoms with Crippen LogP contribution in [0.1, 0.15) is 10.4 Å². The van der Waals surface area contributed by atoms with Crippen LogP contribution in [-0.2, 0) is 0 Å². The molecular formula is C13H11Cl2NO3. The average Bonchev–Trinajstić information content (AvgIpc) is 2.33. The van der Waals surface area contributed by atoms with Crippen LogP contribution in [0.4, 0.5) is 5.69 Å². The van der Waals surface area contributed by atoms with Gasteiger partial charge >= 0.3 is 5.97 Å². The zero-order chi connectivity index (χ0) is 13.1. The average molecular weight is 300 g/mol. The van der Waals surface area contributed by atoms with E-state index in [2.05, 4.69) is 0 Å². The molecule has 0 saturated carbocycles. The number of aromatic carboxylic acids is 1. The number of carboxylic acid groups (broad SMARTS) is 1. The van der Waals surface area contributed by atoms with Gasteiger partial charge in [-0.1, -0.05) is 17.7 Å². The fourth-order valence-corrected chi connectivity index (χ4v) is 1.65. The third kappa shape index (κ3) is 3.77. The summed E-state index contributed by atoms with van der Waals surface area (Å²) in [5.74, 6) is -0.182. The minimum absolute atomic E-state index is 0. The fourth-order valence-electron chi connectivity index (χ4n) is 1.42. The van der Waals surface area contributed by atoms with Crippen LogP contribution in [0.2, 0.25) is 5.02 Å². The largest absolute Gasteiger partial charge is 0.478 e. The van der Waals surface area contributed by atoms with Gasteiger partial charge in [0.2, 0.25) is 0 Å². The highest BCUT2D eigenvalue weighted by atomic mass is 35.5. The van der Waals surface area contributed by atoms with E-state index in [0.717, 1.165) is 0 Å². The first-order valence-corrected chi connectivity index (χ1v) is 5.50. The first-order chi connectivity index (χ1) is 8.56. The summed E-state index contributed by atoms with van der Waals surface area (Å²) in [6, 6.07) is 11.0. The number of ether oxygens (including phenoxy) is 1. The Morgan fingerprint density at radius 3 is 2.58 bits per heavy atom. The summed E-state index contributed by atoms with van der Waals surface area (Å²) in [6.07, 6.45) is 0. The molecule has 0 fully saturated rings. The van der Waals surface area contributed by atoms with E-state index in [9.17, 15) is 4.79 Å². The van der Waals surface area contributed by atoms with Crippen LogP contribution in [-0.4, -0.2) is 11.1 Å². The van der Waals surface area contributed by atoms with Gasteiger partial charge in [-0.2, -0.15) is 0 Å². The lowest BCUT2D eigenvalue weighted by atomic mass is 10.2. The fraction of sp³-hybridized carbons (Fsp3) is 0. The number of carbonyl (C=O) groups is 1. The Balaban J connectivity index is 0.00000180. The Hall–Kier alpha value is -1.91. The summed E-state index contributed by atoms with van der Waals surface area (Å²) in [5.41, 5.74) is 6.25. The van der Waals surface area contributed by atoms with Crippen molar-refractivity contribution < 1.29 is 14.6 Å². The molecule has 6 heteroatoms. The summed E-state index contributed by atoms with van der Waals surface area (Å²) < 4.78 is 5.50. The number of hydrogen-bond acceptors (Lipinski definition) is 3. The first-order valence-electron chi connectivity index (χ1n) is 5.12. The third-order valence-electron chi connectivity index (χ3n) is 2.26. The zero-order valence-electron chi connectivity index (χ0n) is 9.67. The number of halogens is 2. The van der Waals surface area contributed by atoms with Gasteiger partial charge in [-0.15, -0.1) is 12.4 Å². The Bertz CT molecular complexity index is 602. The number of rotatable bonds is 3. The van der Waals surface area contributed by atoms with E-state index in [1.54, 1.807) is 30.3 Å². The summed E-state index contributed by atoms with van der Waals surface area (Å²) in [6.45, 7) is 0. The van der Waals surface area contributed by atoms with Gasteiger partial charge in [-0.05, 0) is 36.4 Å². The van der Waals surface area contributed by atoms with E-state index in [-0.39, 0.29) is 18.0 Å². The number of nitrogens with two attached hydrogens (primary N) is 1. The lowest BCUT2D eigenvalue weighted by Gasteiger charge is -2.08. The number of benzene rings is 2. The van der Waals surface area contributed by atoms with Crippen molar-refractivity contribution in [3.63, 3.8) is 0 Å². The maximum Gasteiger partial charge on any atom is 0.335 e. The highest BCUT2D eigenvalue weighted by molar-refractivity contribution is 6.32. The van der Waals surface area contributed by atoms with Gasteiger partial charge in [0, 0.05) is 5.69 Å². The molecule has 0 atom stereocenters. The molecule has 2 aromatic carbocycles. The highest BCUT2D eigenvalue weighted by Gasteiger charge is 2.07. The van der Waals surface area contributed by atoms with Crippen molar-refractivity contribution in [2.75, 3.05) is 5.73 Å². The topological polar surface area (TPSA) is 72.5 Å². The van der Waals surface area contributed by atoms with E-state index in [4.69, 9.17) is 27.2 Å². The molecule has 0 saturated heterocycles. The SMILES string of the molecule is Cl.Nc1ccc(Oc2cccc(C(=O)O)c2)c(Cl)c1. The second-order valence-corrected chi connectivity index (χ2v) is 4.03. The van der Waals surface area contributed by atoms with Crippen LogP contribution in [0.3, 0.4) is 0 Å². The van der Waals surface area contributed by atoms with Gasteiger partial charge in [0.1, 0.15) is 11.5 Å². The van der Waals surface area contributed by atoms with Crippen LogP contribution in [0, 0.1) is 0 Å². The van der Waals surface area contributed by atoms with Gasteiger partial charge in [-0.3, -0.25) is 0 Å². The lowest BCUT2D eigenvalue weighted by molar-refractivity contribution is 0.0696. The van der Waals surface area contributed by atoms with Crippen molar-refractivity contribution in [1.82, 2.24) is 0 Å². The van der Waals surface area contributed by atoms with Crippen LogP contribution >= 0.6 is 24.0 Å². The Kier molecular flexibility index (Phi) is 5.03. The van der Waals surface area contributed by atoms with Gasteiger partial charge in [0.15, 0.2) is 0 Å². The van der Waals surface area contributed by atoms with Crippen molar-refractivity contribution in [3.05, 3.63) is 53.1 Å². The molecule has 0 aliphatic rings. The van der Waals surface area contributed by atoms with E-state index < -0.39 is 5.97 Å². The van der Waals surface area contributed by atoms with Crippen molar-refractivity contribution in [2.45, 2.75) is 0 Å². The minimum atomic E-state index is -1.01. The summed E-state index contributed by atoms with van der Waals surface area (Å²) >= 11 is 5.96. The maximum absolute atomic E-state index is 10.8. The van der Waals surface area contributed by atoms with Crippen molar-refractivity contribution in [1.29, 1.82) is 0 Å². The predicted octanol–water partition coefficient (Wildman–Crippen LogP) is 3.83. The van der Waals surface area contributed by atoms with E-state index in [1.165, 1.54) is 12.1 Å². The summed E-state index contributed by atoms with van der Waals surface area (Å²) in [5, 5.41) is 9.24. The number of anilines is 1. The standard InChI is InChI=1S/C13H10ClNO3.ClH/c14-11-7-9(15)4-5-12(11)18-10-3-1-2-8(6-10)13(16)17;/h1-7H,15H2,(H,16,17);1H. The molecule has 0 aromatic heterocycles. The van der Waals surface area contributed by atoms with Crippen molar-refractivity contribution >= 4 is 35.7 Å². The smallest absolute Gasteiger partial charge is 0.335 e. The molecule has 0 unspecified atom stereocenters. The molecule has 0 radical (unpaired) electrons. The van der Waals surface area contributed by atoms with Crippen molar-refractivity contribution in [2.24, 2.45) is 0 Å². The van der Waals surface area contributed by atoms with E-state index in [1.807, 2.05) is 0 Å². The Morgan fingerprint density at radius 2 is 1.95 bits per heavy atom. The summed E-state index contributed by atoms with van der Waals surface area (Å²) in [4.78, 5) is 10.8. The molecule has 0 amide bonds. The van der Waals surface area contributed by atoms with E-state index >= 15 is 0 Å². The Labute approximate surface area is 121 Å². The zero-order valence-corrected chi connectivity index (χ0v) is 11.2. The van der Waals surface area contributed by atoms with Gasteiger partial charge in [-0.25, -0.2) is 4.79 Å². The second kappa shape index (κ2) is 6.31. The molecule has 0 aliphatic heterocycles. The molecule has 4 nitrogen and oxygen atoms in total. The number of nitrogen functional groups attached to an aromatic ring is 1. The van der Waals surface area contributed by atoms with Crippen LogP contribution in [0.25, 0.3) is 0 Å². The van der Waals surface area contributed by atoms with Crippen LogP contribution in [0.5, 0.6) is 11.5 Å². The Morgan fingerprint density at radius 1 is 1.21 bits per heavy atom.